The molecule has 1 heterocycles. The summed E-state index contributed by atoms with van der Waals surface area (Å²) in [6.07, 6.45) is 3.33. The fourth-order valence-electron chi connectivity index (χ4n) is 1.80. The number of hydrogen-bond acceptors (Lipinski definition) is 4. The number of thioether (sulfide) groups is 1. The second-order valence-electron chi connectivity index (χ2n) is 4.21. The Balaban J connectivity index is 0.00000242. The molecule has 4 nitrogen and oxygen atoms in total. The van der Waals surface area contributed by atoms with E-state index in [1.807, 2.05) is 50.2 Å². The normalized spacial score (nSPS) is 12.0. The number of allylic oxidation sites excluding steroid dienone is 1. The van der Waals surface area contributed by atoms with Gasteiger partial charge in [-0.2, -0.15) is 5.10 Å². The topological polar surface area (TPSA) is 54.4 Å². The first kappa shape index (κ1) is 15.3. The Bertz CT molecular complexity index is 701. The van der Waals surface area contributed by atoms with Crippen LogP contribution in [0.15, 0.2) is 52.5 Å². The van der Waals surface area contributed by atoms with E-state index in [1.54, 1.807) is 12.3 Å². The number of fused-ring (bicyclic) bond motifs is 1. The second kappa shape index (κ2) is 7.59. The summed E-state index contributed by atoms with van der Waals surface area (Å²) < 4.78 is 0. The molecule has 1 aromatic carbocycles. The maximum atomic E-state index is 11.8. The Hall–Kier alpha value is -2.14. The summed E-state index contributed by atoms with van der Waals surface area (Å²) in [5.74, 6) is 0.657. The maximum Gasteiger partial charge on any atom is 0.277 e. The molecule has 0 fully saturated rings. The molecule has 0 unspecified atom stereocenters. The smallest absolute Gasteiger partial charge is 0.267 e. The number of pyridine rings is 1. The van der Waals surface area contributed by atoms with Gasteiger partial charge >= 0.3 is 0 Å². The highest BCUT2D eigenvalue weighted by molar-refractivity contribution is 8.03. The van der Waals surface area contributed by atoms with Gasteiger partial charge < -0.3 is 0 Å². The maximum absolute atomic E-state index is 11.8. The number of nitrogens with one attached hydrogen (secondary N) is 1. The molecular formula is C16H19N3OS. The Morgan fingerprint density at radius 1 is 1.38 bits per heavy atom. The average Bonchev–Trinajstić information content (AvgIpc) is 2.52. The first-order valence-electron chi connectivity index (χ1n) is 6.73. The van der Waals surface area contributed by atoms with Gasteiger partial charge in [0.05, 0.1) is 22.3 Å². The molecule has 0 bridgehead atoms. The summed E-state index contributed by atoms with van der Waals surface area (Å²) in [5, 5.41) is 5.04. The van der Waals surface area contributed by atoms with Gasteiger partial charge in [0.1, 0.15) is 0 Å². The van der Waals surface area contributed by atoms with Gasteiger partial charge in [0.2, 0.25) is 0 Å². The first-order valence-corrected chi connectivity index (χ1v) is 7.71. The molecule has 0 atom stereocenters. The monoisotopic (exact) mass is 301 g/mol. The van der Waals surface area contributed by atoms with Crippen LogP contribution in [-0.4, -0.2) is 22.9 Å². The Labute approximate surface area is 129 Å². The molecular weight excluding hydrogens is 282 g/mol. The van der Waals surface area contributed by atoms with E-state index < -0.39 is 0 Å². The van der Waals surface area contributed by atoms with Gasteiger partial charge in [-0.3, -0.25) is 4.79 Å². The molecule has 0 aliphatic heterocycles. The molecule has 1 N–H and O–H groups in total. The number of hydrazone groups is 1. The van der Waals surface area contributed by atoms with Crippen molar-refractivity contribution in [1.82, 2.24) is 10.4 Å². The highest BCUT2D eigenvalue weighted by Crippen LogP contribution is 2.14. The summed E-state index contributed by atoms with van der Waals surface area (Å²) in [4.78, 5) is 17.0. The van der Waals surface area contributed by atoms with Crippen molar-refractivity contribution in [2.75, 3.05) is 5.75 Å². The van der Waals surface area contributed by atoms with Crippen molar-refractivity contribution in [3.8, 4) is 0 Å². The lowest BCUT2D eigenvalue weighted by Gasteiger charge is -2.02. The molecule has 5 heteroatoms. The van der Waals surface area contributed by atoms with Gasteiger partial charge in [0.25, 0.3) is 5.91 Å². The van der Waals surface area contributed by atoms with Crippen molar-refractivity contribution in [3.05, 3.63) is 53.1 Å². The zero-order chi connectivity index (χ0) is 15.1. The van der Waals surface area contributed by atoms with E-state index in [2.05, 4.69) is 15.5 Å². The van der Waals surface area contributed by atoms with Gasteiger partial charge in [-0.1, -0.05) is 37.3 Å². The molecule has 1 aromatic heterocycles. The Morgan fingerprint density at radius 2 is 2.19 bits per heavy atom. The van der Waals surface area contributed by atoms with Crippen LogP contribution < -0.4 is 5.43 Å². The molecule has 0 saturated carbocycles. The van der Waals surface area contributed by atoms with Gasteiger partial charge in [0.15, 0.2) is 0 Å². The third-order valence-corrected chi connectivity index (χ3v) is 3.79. The lowest BCUT2D eigenvalue weighted by atomic mass is 10.2. The van der Waals surface area contributed by atoms with Crippen LogP contribution in [0.3, 0.4) is 0 Å². The van der Waals surface area contributed by atoms with Crippen molar-refractivity contribution >= 4 is 34.8 Å². The molecule has 0 radical (unpaired) electrons. The molecule has 1 amide bonds. The largest absolute Gasteiger partial charge is 0.277 e. The zero-order valence-electron chi connectivity index (χ0n) is 12.0. The SMILES string of the molecule is C/C=C(\SCC)C(=O)N/N=C/c1ccc2ccccc2n1.[HH]. The van der Waals surface area contributed by atoms with Crippen LogP contribution in [0.2, 0.25) is 0 Å². The minimum Gasteiger partial charge on any atom is -0.267 e. The first-order chi connectivity index (χ1) is 10.2. The standard InChI is InChI=1S/C16H17N3OS.H2/c1-3-15(21-4-2)16(20)19-17-11-13-10-9-12-7-5-6-8-14(12)18-13;/h3,5-11H,4H2,1-2H3,(H,19,20);1H/b15-3-,17-11+;. The number of carbonyl (C=O) groups is 1. The number of nitrogens with zero attached hydrogens (tertiary/aromatic N) is 2. The van der Waals surface area contributed by atoms with Gasteiger partial charge in [0, 0.05) is 6.81 Å². The van der Waals surface area contributed by atoms with Crippen LogP contribution >= 0.6 is 11.8 Å². The van der Waals surface area contributed by atoms with Crippen molar-refractivity contribution in [3.63, 3.8) is 0 Å². The van der Waals surface area contributed by atoms with Crippen molar-refractivity contribution in [2.45, 2.75) is 13.8 Å². The lowest BCUT2D eigenvalue weighted by molar-refractivity contribution is -0.116. The zero-order valence-corrected chi connectivity index (χ0v) is 12.9. The predicted molar refractivity (Wildman–Crippen MR) is 91.5 cm³/mol. The minimum atomic E-state index is -0.193. The third kappa shape index (κ3) is 4.16. The molecule has 2 rings (SSSR count). The number of carbonyl (C=O) groups excluding carboxylic acids is 1. The number of amides is 1. The van der Waals surface area contributed by atoms with Crippen LogP contribution in [0, 0.1) is 0 Å². The summed E-state index contributed by atoms with van der Waals surface area (Å²) >= 11 is 1.49. The van der Waals surface area contributed by atoms with Crippen molar-refractivity contribution < 1.29 is 6.22 Å². The number of benzene rings is 1. The molecule has 110 valence electrons. The lowest BCUT2D eigenvalue weighted by Crippen LogP contribution is -2.18. The number of aromatic nitrogens is 1. The van der Waals surface area contributed by atoms with Gasteiger partial charge in [-0.25, -0.2) is 10.4 Å². The van der Waals surface area contributed by atoms with Crippen LogP contribution in [0.4, 0.5) is 0 Å². The minimum absolute atomic E-state index is 0. The van der Waals surface area contributed by atoms with Crippen LogP contribution in [0.25, 0.3) is 10.9 Å². The van der Waals surface area contributed by atoms with E-state index in [0.717, 1.165) is 16.7 Å². The highest BCUT2D eigenvalue weighted by atomic mass is 32.2. The summed E-state index contributed by atoms with van der Waals surface area (Å²) in [7, 11) is 0. The molecule has 2 aromatic rings. The third-order valence-electron chi connectivity index (χ3n) is 2.77. The van der Waals surface area contributed by atoms with E-state index in [4.69, 9.17) is 0 Å². The molecule has 21 heavy (non-hydrogen) atoms. The number of para-hydroxylation sites is 1. The average molecular weight is 301 g/mol. The van der Waals surface area contributed by atoms with Crippen molar-refractivity contribution in [2.24, 2.45) is 5.10 Å². The van der Waals surface area contributed by atoms with Gasteiger partial charge in [-0.15, -0.1) is 11.8 Å². The van der Waals surface area contributed by atoms with E-state index in [9.17, 15) is 4.79 Å². The van der Waals surface area contributed by atoms with E-state index in [0.29, 0.717) is 10.6 Å². The van der Waals surface area contributed by atoms with Crippen LogP contribution in [0.5, 0.6) is 0 Å². The summed E-state index contributed by atoms with van der Waals surface area (Å²) in [5.41, 5.74) is 4.13. The fourth-order valence-corrected chi connectivity index (χ4v) is 2.46. The highest BCUT2D eigenvalue weighted by Gasteiger charge is 2.06. The van der Waals surface area contributed by atoms with Crippen molar-refractivity contribution in [1.29, 1.82) is 0 Å². The van der Waals surface area contributed by atoms with E-state index in [-0.39, 0.29) is 7.33 Å². The number of rotatable bonds is 5. The molecule has 0 aliphatic carbocycles. The summed E-state index contributed by atoms with van der Waals surface area (Å²) in [6.45, 7) is 3.84. The van der Waals surface area contributed by atoms with Gasteiger partial charge in [-0.05, 0) is 24.8 Å². The van der Waals surface area contributed by atoms with Crippen LogP contribution in [0.1, 0.15) is 21.0 Å². The van der Waals surface area contributed by atoms with Crippen LogP contribution in [-0.2, 0) is 4.79 Å². The Kier molecular flexibility index (Phi) is 5.51. The number of hydrogen-bond donors (Lipinski definition) is 1. The quantitative estimate of drug-likeness (QED) is 0.521. The molecule has 0 aliphatic rings. The fraction of sp³-hybridized carbons (Fsp3) is 0.188. The Morgan fingerprint density at radius 3 is 2.95 bits per heavy atom. The van der Waals surface area contributed by atoms with E-state index >= 15 is 0 Å². The summed E-state index contributed by atoms with van der Waals surface area (Å²) in [6, 6.07) is 11.7. The van der Waals surface area contributed by atoms with E-state index in [1.165, 1.54) is 11.8 Å². The molecule has 0 spiro atoms. The second-order valence-corrected chi connectivity index (χ2v) is 5.52. The molecule has 0 saturated heterocycles. The predicted octanol–water partition coefficient (Wildman–Crippen LogP) is 3.59.